The molecule has 1 saturated carbocycles. The van der Waals surface area contributed by atoms with E-state index in [9.17, 15) is 4.39 Å². The Bertz CT molecular complexity index is 1140. The van der Waals surface area contributed by atoms with Crippen LogP contribution in [0.2, 0.25) is 0 Å². The summed E-state index contributed by atoms with van der Waals surface area (Å²) in [5.41, 5.74) is 16.0. The Morgan fingerprint density at radius 3 is 2.75 bits per heavy atom. The van der Waals surface area contributed by atoms with E-state index < -0.39 is 11.9 Å². The van der Waals surface area contributed by atoms with E-state index in [-0.39, 0.29) is 18.4 Å². The Morgan fingerprint density at radius 1 is 1.25 bits per heavy atom. The van der Waals surface area contributed by atoms with Crippen molar-refractivity contribution in [2.24, 2.45) is 26.7 Å². The molecule has 166 valence electrons. The van der Waals surface area contributed by atoms with Crippen LogP contribution in [0.5, 0.6) is 5.75 Å². The van der Waals surface area contributed by atoms with Crippen LogP contribution in [-0.4, -0.2) is 35.2 Å². The number of fused-ring (bicyclic) bond motifs is 3. The quantitative estimate of drug-likeness (QED) is 0.378. The highest BCUT2D eigenvalue weighted by molar-refractivity contribution is 6.38. The Kier molecular flexibility index (Phi) is 6.16. The minimum atomic E-state index is -0.549. The summed E-state index contributed by atoms with van der Waals surface area (Å²) in [5, 5.41) is 3.65. The molecule has 0 saturated heterocycles. The molecule has 2 aromatic rings. The van der Waals surface area contributed by atoms with Gasteiger partial charge < -0.3 is 22.0 Å². The molecular weight excluding hydrogens is 409 g/mol. The minimum absolute atomic E-state index is 0.228. The predicted molar refractivity (Wildman–Crippen MR) is 125 cm³/mol. The fraction of sp³-hybridized carbons (Fsp3) is 0.304. The minimum Gasteiger partial charge on any atom is -0.482 e. The van der Waals surface area contributed by atoms with Crippen LogP contribution in [0.15, 0.2) is 57.3 Å². The Labute approximate surface area is 185 Å². The molecule has 1 aliphatic carbocycles. The topological polar surface area (TPSA) is 137 Å². The summed E-state index contributed by atoms with van der Waals surface area (Å²) in [4.78, 5) is 13.9. The van der Waals surface area contributed by atoms with E-state index in [1.807, 2.05) is 6.92 Å². The van der Waals surface area contributed by atoms with Crippen molar-refractivity contribution in [3.8, 4) is 5.75 Å². The maximum Gasteiger partial charge on any atom is 0.166 e. The van der Waals surface area contributed by atoms with Gasteiger partial charge in [0.1, 0.15) is 11.9 Å². The van der Waals surface area contributed by atoms with E-state index in [0.29, 0.717) is 28.3 Å². The lowest BCUT2D eigenvalue weighted by molar-refractivity contribution is 0.227. The molecule has 32 heavy (non-hydrogen) atoms. The van der Waals surface area contributed by atoms with Gasteiger partial charge in [0.05, 0.1) is 30.2 Å². The first-order chi connectivity index (χ1) is 15.5. The lowest BCUT2D eigenvalue weighted by atomic mass is 9.92. The van der Waals surface area contributed by atoms with Crippen molar-refractivity contribution in [2.45, 2.75) is 38.3 Å². The van der Waals surface area contributed by atoms with Crippen molar-refractivity contribution in [1.82, 2.24) is 4.98 Å². The molecule has 0 radical (unpaired) electrons. The molecule has 1 atom stereocenters. The molecule has 9 heteroatoms. The van der Waals surface area contributed by atoms with E-state index in [0.717, 1.165) is 30.4 Å². The van der Waals surface area contributed by atoms with Gasteiger partial charge in [0.2, 0.25) is 0 Å². The number of rotatable bonds is 2. The molecule has 8 nitrogen and oxygen atoms in total. The first kappa shape index (κ1) is 21.5. The van der Waals surface area contributed by atoms with Gasteiger partial charge in [-0.2, -0.15) is 5.10 Å². The van der Waals surface area contributed by atoms with Gasteiger partial charge in [-0.15, -0.1) is 0 Å². The number of aliphatic imine (C=N–C) groups is 2. The van der Waals surface area contributed by atoms with Gasteiger partial charge in [0, 0.05) is 34.7 Å². The number of nitrogen functional groups attached to an aromatic ring is 1. The number of hydrazone groups is 1. The average Bonchev–Trinajstić information content (AvgIpc) is 2.75. The van der Waals surface area contributed by atoms with E-state index >= 15 is 0 Å². The van der Waals surface area contributed by atoms with Crippen LogP contribution in [-0.2, 0) is 0 Å². The van der Waals surface area contributed by atoms with Gasteiger partial charge in [0.15, 0.2) is 11.6 Å². The van der Waals surface area contributed by atoms with Gasteiger partial charge in [-0.1, -0.05) is 0 Å². The predicted octanol–water partition coefficient (Wildman–Crippen LogP) is 2.87. The van der Waals surface area contributed by atoms with Crippen LogP contribution in [0.1, 0.15) is 49.0 Å². The number of benzene rings is 1. The maximum atomic E-state index is 14.1. The van der Waals surface area contributed by atoms with E-state index in [1.54, 1.807) is 18.3 Å². The number of anilines is 1. The van der Waals surface area contributed by atoms with E-state index in [1.165, 1.54) is 24.5 Å². The molecule has 1 aromatic heterocycles. The third-order valence-electron chi connectivity index (χ3n) is 5.69. The highest BCUT2D eigenvalue weighted by Gasteiger charge is 2.23. The van der Waals surface area contributed by atoms with Crippen LogP contribution >= 0.6 is 0 Å². The van der Waals surface area contributed by atoms with Crippen molar-refractivity contribution >= 4 is 23.5 Å². The molecule has 6 N–H and O–H groups in total. The van der Waals surface area contributed by atoms with Crippen LogP contribution in [0, 0.1) is 5.82 Å². The van der Waals surface area contributed by atoms with Gasteiger partial charge in [0.25, 0.3) is 0 Å². The number of nitrogens with two attached hydrogens (primary N) is 3. The smallest absolute Gasteiger partial charge is 0.166 e. The molecule has 2 heterocycles. The molecule has 1 fully saturated rings. The van der Waals surface area contributed by atoms with Crippen molar-refractivity contribution in [1.29, 1.82) is 0 Å². The number of halogens is 1. The lowest BCUT2D eigenvalue weighted by Gasteiger charge is -2.24. The van der Waals surface area contributed by atoms with Gasteiger partial charge in [-0.05, 0) is 50.5 Å². The first-order valence-corrected chi connectivity index (χ1v) is 10.5. The normalized spacial score (nSPS) is 21.9. The maximum absolute atomic E-state index is 14.1. The summed E-state index contributed by atoms with van der Waals surface area (Å²) in [6.45, 7) is 2.04. The number of hydrogen-bond acceptors (Lipinski definition) is 8. The second-order valence-corrected chi connectivity index (χ2v) is 7.83. The fourth-order valence-electron chi connectivity index (χ4n) is 3.72. The summed E-state index contributed by atoms with van der Waals surface area (Å²) in [5.74, 6) is 5.66. The molecule has 4 rings (SSSR count). The monoisotopic (exact) mass is 435 g/mol. The lowest BCUT2D eigenvalue weighted by Crippen LogP contribution is -2.22. The highest BCUT2D eigenvalue weighted by Crippen LogP contribution is 2.31. The fourth-order valence-corrected chi connectivity index (χ4v) is 3.72. The zero-order chi connectivity index (χ0) is 22.7. The van der Waals surface area contributed by atoms with E-state index in [2.05, 4.69) is 10.1 Å². The van der Waals surface area contributed by atoms with Gasteiger partial charge in [-0.25, -0.2) is 9.37 Å². The molecule has 0 spiro atoms. The largest absolute Gasteiger partial charge is 0.482 e. The van der Waals surface area contributed by atoms with Crippen LogP contribution in [0.25, 0.3) is 0 Å². The second kappa shape index (κ2) is 9.17. The number of hydrogen-bond donors (Lipinski definition) is 3. The highest BCUT2D eigenvalue weighted by atomic mass is 19.1. The van der Waals surface area contributed by atoms with Crippen LogP contribution in [0.3, 0.4) is 0 Å². The second-order valence-electron chi connectivity index (χ2n) is 7.83. The molecule has 1 aliphatic heterocycles. The third-order valence-corrected chi connectivity index (χ3v) is 5.69. The first-order valence-electron chi connectivity index (χ1n) is 10.5. The molecule has 0 unspecified atom stereocenters. The SMILES string of the molecule is C[C@H]1Oc2cc(cnc2N)C(=NC2CCC2)C(=CN)CN=C(C=NN)c2ccc(F)cc21. The zero-order valence-electron chi connectivity index (χ0n) is 17.8. The summed E-state index contributed by atoms with van der Waals surface area (Å²) < 4.78 is 20.3. The molecule has 1 aromatic carbocycles. The Balaban J connectivity index is 1.92. The van der Waals surface area contributed by atoms with Crippen LogP contribution < -0.4 is 22.0 Å². The standard InChI is InChI=1S/C23H26FN7O/c1-13-19-8-16(24)5-6-18(19)20(12-30-27)28-11-15(9-25)22(31-17-3-2-4-17)14-7-21(32-13)23(26)29-10-14/h5-10,12-13,17H,2-4,11,25,27H2,1H3,(H2,26,29)/t13-/m1/s1. The summed E-state index contributed by atoms with van der Waals surface area (Å²) >= 11 is 0. The van der Waals surface area contributed by atoms with E-state index in [4.69, 9.17) is 32.0 Å². The summed E-state index contributed by atoms with van der Waals surface area (Å²) in [6, 6.07) is 6.42. The third kappa shape index (κ3) is 4.32. The zero-order valence-corrected chi connectivity index (χ0v) is 17.8. The average molecular weight is 436 g/mol. The number of aromatic nitrogens is 1. The number of pyridine rings is 1. The number of nitrogens with zero attached hydrogens (tertiary/aromatic N) is 4. The van der Waals surface area contributed by atoms with Crippen LogP contribution in [0.4, 0.5) is 10.2 Å². The summed E-state index contributed by atoms with van der Waals surface area (Å²) in [6.07, 6.45) is 7.23. The Hall–Kier alpha value is -3.75. The Morgan fingerprint density at radius 2 is 2.06 bits per heavy atom. The summed E-state index contributed by atoms with van der Waals surface area (Å²) in [7, 11) is 0. The molecule has 2 bridgehead atoms. The molecular formula is C23H26FN7O. The van der Waals surface area contributed by atoms with Crippen molar-refractivity contribution in [2.75, 3.05) is 12.3 Å². The van der Waals surface area contributed by atoms with Crippen molar-refractivity contribution in [3.05, 3.63) is 64.7 Å². The van der Waals surface area contributed by atoms with Gasteiger partial charge in [-0.3, -0.25) is 9.98 Å². The van der Waals surface area contributed by atoms with Crippen molar-refractivity contribution in [3.63, 3.8) is 0 Å². The molecule has 0 amide bonds. The van der Waals surface area contributed by atoms with Crippen molar-refractivity contribution < 1.29 is 9.13 Å². The molecule has 2 aliphatic rings. The van der Waals surface area contributed by atoms with Gasteiger partial charge >= 0.3 is 0 Å². The number of ether oxygens (including phenoxy) is 1.